The van der Waals surface area contributed by atoms with Crippen molar-refractivity contribution in [1.29, 1.82) is 0 Å². The van der Waals surface area contributed by atoms with E-state index in [0.717, 1.165) is 11.3 Å². The van der Waals surface area contributed by atoms with Crippen molar-refractivity contribution in [2.24, 2.45) is 7.05 Å². The molecular formula is C15H25N3O. The maximum atomic E-state index is 12.1. The number of nitrogens with zero attached hydrogens (tertiary/aromatic N) is 2. The van der Waals surface area contributed by atoms with E-state index in [4.69, 9.17) is 0 Å². The van der Waals surface area contributed by atoms with Crippen LogP contribution in [0.15, 0.2) is 10.9 Å². The molecule has 4 heteroatoms. The lowest BCUT2D eigenvalue weighted by Crippen LogP contribution is -2.33. The fourth-order valence-corrected chi connectivity index (χ4v) is 2.55. The SMILES string of the molecule is Cn1nc(C(C)(C)C)cc(CNC2CCCC2)c1=O. The molecular weight excluding hydrogens is 238 g/mol. The molecule has 0 radical (unpaired) electrons. The summed E-state index contributed by atoms with van der Waals surface area (Å²) in [5.41, 5.74) is 1.78. The van der Waals surface area contributed by atoms with E-state index >= 15 is 0 Å². The van der Waals surface area contributed by atoms with Crippen LogP contribution in [0.2, 0.25) is 0 Å². The largest absolute Gasteiger partial charge is 0.310 e. The molecule has 2 rings (SSSR count). The molecule has 106 valence electrons. The highest BCUT2D eigenvalue weighted by Gasteiger charge is 2.19. The van der Waals surface area contributed by atoms with Crippen LogP contribution < -0.4 is 10.9 Å². The molecule has 1 heterocycles. The van der Waals surface area contributed by atoms with E-state index in [1.807, 2.05) is 6.07 Å². The Bertz CT molecular complexity index is 493. The average Bonchev–Trinajstić information content (AvgIpc) is 2.82. The lowest BCUT2D eigenvalue weighted by atomic mass is 9.91. The quantitative estimate of drug-likeness (QED) is 0.908. The number of rotatable bonds is 3. The molecule has 0 spiro atoms. The van der Waals surface area contributed by atoms with Gasteiger partial charge in [0, 0.05) is 30.6 Å². The number of aromatic nitrogens is 2. The Labute approximate surface area is 115 Å². The molecule has 0 saturated heterocycles. The third-order valence-electron chi connectivity index (χ3n) is 3.84. The molecule has 0 bridgehead atoms. The van der Waals surface area contributed by atoms with Crippen molar-refractivity contribution in [3.05, 3.63) is 27.7 Å². The van der Waals surface area contributed by atoms with Crippen LogP contribution in [0.4, 0.5) is 0 Å². The van der Waals surface area contributed by atoms with Crippen molar-refractivity contribution in [2.75, 3.05) is 0 Å². The van der Waals surface area contributed by atoms with Gasteiger partial charge in [-0.2, -0.15) is 5.10 Å². The number of aryl methyl sites for hydroxylation is 1. The van der Waals surface area contributed by atoms with Crippen molar-refractivity contribution < 1.29 is 0 Å². The second-order valence-electron chi connectivity index (χ2n) is 6.60. The van der Waals surface area contributed by atoms with Crippen LogP contribution in [0.25, 0.3) is 0 Å². The summed E-state index contributed by atoms with van der Waals surface area (Å²) in [6.07, 6.45) is 5.08. The number of hydrogen-bond acceptors (Lipinski definition) is 3. The van der Waals surface area contributed by atoms with Crippen LogP contribution in [0.1, 0.15) is 57.7 Å². The first kappa shape index (κ1) is 14.3. The molecule has 0 amide bonds. The van der Waals surface area contributed by atoms with Gasteiger partial charge in [0.25, 0.3) is 5.56 Å². The third kappa shape index (κ3) is 3.44. The molecule has 1 aromatic rings. The maximum Gasteiger partial charge on any atom is 0.270 e. The summed E-state index contributed by atoms with van der Waals surface area (Å²) < 4.78 is 1.46. The van der Waals surface area contributed by atoms with E-state index in [1.54, 1.807) is 7.05 Å². The average molecular weight is 263 g/mol. The summed E-state index contributed by atoms with van der Waals surface area (Å²) in [5, 5.41) is 7.86. The topological polar surface area (TPSA) is 46.9 Å². The Morgan fingerprint density at radius 1 is 1.37 bits per heavy atom. The summed E-state index contributed by atoms with van der Waals surface area (Å²) in [6.45, 7) is 7.01. The van der Waals surface area contributed by atoms with Gasteiger partial charge >= 0.3 is 0 Å². The lowest BCUT2D eigenvalue weighted by molar-refractivity contribution is 0.503. The van der Waals surface area contributed by atoms with E-state index < -0.39 is 0 Å². The first-order chi connectivity index (χ1) is 8.88. The Morgan fingerprint density at radius 3 is 2.58 bits per heavy atom. The Morgan fingerprint density at radius 2 is 2.00 bits per heavy atom. The minimum absolute atomic E-state index is 0.0125. The van der Waals surface area contributed by atoms with Crippen LogP contribution in [0.5, 0.6) is 0 Å². The molecule has 1 aliphatic rings. The molecule has 0 atom stereocenters. The standard InChI is InChI=1S/C15H25N3O/c1-15(2,3)13-9-11(14(19)18(4)17-13)10-16-12-7-5-6-8-12/h9,12,16H,5-8,10H2,1-4H3. The summed E-state index contributed by atoms with van der Waals surface area (Å²) >= 11 is 0. The first-order valence-electron chi connectivity index (χ1n) is 7.19. The monoisotopic (exact) mass is 263 g/mol. The van der Waals surface area contributed by atoms with Gasteiger partial charge in [-0.25, -0.2) is 4.68 Å². The van der Waals surface area contributed by atoms with Gasteiger partial charge < -0.3 is 5.32 Å². The summed E-state index contributed by atoms with van der Waals surface area (Å²) in [7, 11) is 1.73. The lowest BCUT2D eigenvalue weighted by Gasteiger charge is -2.19. The fraction of sp³-hybridized carbons (Fsp3) is 0.733. The second-order valence-corrected chi connectivity index (χ2v) is 6.60. The highest BCUT2D eigenvalue weighted by atomic mass is 16.1. The molecule has 0 aromatic carbocycles. The van der Waals surface area contributed by atoms with Crippen LogP contribution in [-0.2, 0) is 19.0 Å². The van der Waals surface area contributed by atoms with Gasteiger partial charge in [0.1, 0.15) is 0 Å². The smallest absolute Gasteiger partial charge is 0.270 e. The van der Waals surface area contributed by atoms with Crippen molar-refractivity contribution in [3.8, 4) is 0 Å². The fourth-order valence-electron chi connectivity index (χ4n) is 2.55. The zero-order valence-electron chi connectivity index (χ0n) is 12.5. The Kier molecular flexibility index (Phi) is 4.09. The highest BCUT2D eigenvalue weighted by Crippen LogP contribution is 2.20. The van der Waals surface area contributed by atoms with E-state index in [0.29, 0.717) is 12.6 Å². The summed E-state index contributed by atoms with van der Waals surface area (Å²) in [4.78, 5) is 12.1. The Balaban J connectivity index is 2.18. The first-order valence-corrected chi connectivity index (χ1v) is 7.19. The third-order valence-corrected chi connectivity index (χ3v) is 3.84. The normalized spacial score (nSPS) is 17.1. The van der Waals surface area contributed by atoms with Gasteiger partial charge in [0.2, 0.25) is 0 Å². The van der Waals surface area contributed by atoms with Gasteiger partial charge in [-0.15, -0.1) is 0 Å². The highest BCUT2D eigenvalue weighted by molar-refractivity contribution is 5.19. The van der Waals surface area contributed by atoms with Crippen molar-refractivity contribution in [2.45, 2.75) is 64.5 Å². The van der Waals surface area contributed by atoms with Gasteiger partial charge in [0.05, 0.1) is 5.69 Å². The van der Waals surface area contributed by atoms with Crippen molar-refractivity contribution >= 4 is 0 Å². The number of nitrogens with one attached hydrogen (secondary N) is 1. The zero-order valence-corrected chi connectivity index (χ0v) is 12.5. The Hall–Kier alpha value is -1.16. The van der Waals surface area contributed by atoms with Crippen LogP contribution in [0.3, 0.4) is 0 Å². The van der Waals surface area contributed by atoms with Crippen LogP contribution >= 0.6 is 0 Å². The minimum atomic E-state index is -0.0342. The molecule has 1 fully saturated rings. The second kappa shape index (κ2) is 5.45. The molecule has 4 nitrogen and oxygen atoms in total. The number of hydrogen-bond donors (Lipinski definition) is 1. The van der Waals surface area contributed by atoms with Gasteiger partial charge in [-0.05, 0) is 18.9 Å². The minimum Gasteiger partial charge on any atom is -0.310 e. The predicted molar refractivity (Wildman–Crippen MR) is 77.3 cm³/mol. The van der Waals surface area contributed by atoms with Gasteiger partial charge in [-0.1, -0.05) is 33.6 Å². The zero-order chi connectivity index (χ0) is 14.0. The molecule has 1 aliphatic carbocycles. The summed E-state index contributed by atoms with van der Waals surface area (Å²) in [5.74, 6) is 0. The molecule has 1 N–H and O–H groups in total. The predicted octanol–water partition coefficient (Wildman–Crippen LogP) is 2.11. The molecule has 1 aromatic heterocycles. The van der Waals surface area contributed by atoms with E-state index in [9.17, 15) is 4.79 Å². The van der Waals surface area contributed by atoms with Gasteiger partial charge in [0.15, 0.2) is 0 Å². The van der Waals surface area contributed by atoms with Gasteiger partial charge in [-0.3, -0.25) is 4.79 Å². The van der Waals surface area contributed by atoms with E-state index in [2.05, 4.69) is 31.2 Å². The van der Waals surface area contributed by atoms with Crippen molar-refractivity contribution in [1.82, 2.24) is 15.1 Å². The molecule has 0 aliphatic heterocycles. The van der Waals surface area contributed by atoms with Crippen molar-refractivity contribution in [3.63, 3.8) is 0 Å². The molecule has 19 heavy (non-hydrogen) atoms. The van der Waals surface area contributed by atoms with E-state index in [1.165, 1.54) is 30.4 Å². The molecule has 1 saturated carbocycles. The summed E-state index contributed by atoms with van der Waals surface area (Å²) in [6, 6.07) is 2.54. The maximum absolute atomic E-state index is 12.1. The van der Waals surface area contributed by atoms with Crippen LogP contribution in [0, 0.1) is 0 Å². The molecule has 0 unspecified atom stereocenters. The van der Waals surface area contributed by atoms with E-state index in [-0.39, 0.29) is 11.0 Å². The van der Waals surface area contributed by atoms with Crippen LogP contribution in [-0.4, -0.2) is 15.8 Å².